The number of nitrogens with two attached hydrogens (primary N) is 1. The van der Waals surface area contributed by atoms with E-state index in [0.717, 1.165) is 82.0 Å². The molecule has 6 aromatic heterocycles. The largest absolute Gasteiger partial charge is 0.469 e. The third-order valence-corrected chi connectivity index (χ3v) is 11.1. The van der Waals surface area contributed by atoms with Gasteiger partial charge in [-0.15, -0.1) is 0 Å². The Labute approximate surface area is 368 Å². The predicted molar refractivity (Wildman–Crippen MR) is 241 cm³/mol. The Bertz CT molecular complexity index is 2820. The molecule has 0 amide bonds. The molecule has 2 saturated carbocycles. The molecule has 10 rings (SSSR count). The van der Waals surface area contributed by atoms with E-state index < -0.39 is 11.0 Å². The first-order chi connectivity index (χ1) is 30.7. The number of aromatic nitrogens is 8. The lowest BCUT2D eigenvalue weighted by atomic mass is 10.0. The second-order valence-electron chi connectivity index (χ2n) is 15.3. The van der Waals surface area contributed by atoms with E-state index in [-0.39, 0.29) is 11.4 Å². The molecule has 0 atom stereocenters. The number of hydrogen-bond acceptors (Lipinski definition) is 13. The van der Waals surface area contributed by atoms with Gasteiger partial charge in [0, 0.05) is 52.9 Å². The summed E-state index contributed by atoms with van der Waals surface area (Å²) < 4.78 is 12.5. The highest BCUT2D eigenvalue weighted by atomic mass is 35.5. The van der Waals surface area contributed by atoms with Crippen molar-refractivity contribution in [2.24, 2.45) is 5.73 Å². The van der Waals surface area contributed by atoms with Crippen LogP contribution in [0.1, 0.15) is 55.1 Å². The van der Waals surface area contributed by atoms with Crippen LogP contribution in [0, 0.1) is 0 Å². The number of benzene rings is 2. The lowest BCUT2D eigenvalue weighted by molar-refractivity contribution is -0.141. The summed E-state index contributed by atoms with van der Waals surface area (Å²) in [5, 5.41) is 16.4. The van der Waals surface area contributed by atoms with Crippen LogP contribution < -0.4 is 16.4 Å². The Balaban J connectivity index is 0.000000157. The zero-order valence-electron chi connectivity index (χ0n) is 34.8. The monoisotopic (exact) mass is 863 g/mol. The van der Waals surface area contributed by atoms with E-state index in [1.807, 2.05) is 94.2 Å². The van der Waals surface area contributed by atoms with Crippen LogP contribution in [0.2, 0.25) is 0 Å². The minimum absolute atomic E-state index is 0.235. The minimum atomic E-state index is -0.773. The molecule has 16 heteroatoms. The van der Waals surface area contributed by atoms with E-state index in [1.165, 1.54) is 14.2 Å². The number of fused-ring (bicyclic) bond motifs is 2. The number of esters is 1. The van der Waals surface area contributed by atoms with E-state index in [0.29, 0.717) is 31.2 Å². The normalized spacial score (nSPS) is 14.0. The Morgan fingerprint density at radius 3 is 1.52 bits per heavy atom. The van der Waals surface area contributed by atoms with Crippen LogP contribution >= 0.6 is 11.6 Å². The second-order valence-corrected chi connectivity index (χ2v) is 15.6. The molecule has 15 nitrogen and oxygen atoms in total. The van der Waals surface area contributed by atoms with Gasteiger partial charge in [-0.25, -0.2) is 23.8 Å². The number of hydrogen-bond donors (Lipinski definition) is 3. The number of rotatable bonds is 12. The first-order valence-corrected chi connectivity index (χ1v) is 20.8. The van der Waals surface area contributed by atoms with Crippen molar-refractivity contribution < 1.29 is 19.1 Å². The molecular formula is C47H46ClN11O4. The maximum Gasteiger partial charge on any atom is 0.403 e. The molecule has 0 aliphatic heterocycles. The highest BCUT2D eigenvalue weighted by Crippen LogP contribution is 2.50. The van der Waals surface area contributed by atoms with Crippen molar-refractivity contribution in [1.82, 2.24) is 39.2 Å². The molecule has 63 heavy (non-hydrogen) atoms. The predicted octanol–water partition coefficient (Wildman–Crippen LogP) is 8.34. The number of carbonyl (C=O) groups is 2. The summed E-state index contributed by atoms with van der Waals surface area (Å²) in [6.45, 7) is 1.13. The summed E-state index contributed by atoms with van der Waals surface area (Å²) in [5.74, 6) is 2.64. The standard InChI is InChI=1S/C24H23N5O2.C21H20N6.C2H3ClO2/c1-31-20(30)15-24(11-12-24)23-27-22(26-16-18-9-5-6-13-25-18)21-19(10-14-29(21)28-23)17-7-3-2-4-8-17;22-21(10-11-21)20-25-19(24-14-16-8-4-5-12-23-16)18-17(9-13-27(18)26-20)15-6-2-1-3-7-15;1-5-2(3)4/h2-10,13-14H,11-12,15-16H2,1H3,(H,26,27,28);1-9,12-13H,10-11,14,22H2,(H,24,25,26);1H3. The summed E-state index contributed by atoms with van der Waals surface area (Å²) in [5.41, 5.74) is 13.0. The highest BCUT2D eigenvalue weighted by molar-refractivity contribution is 6.61. The quantitative estimate of drug-likeness (QED) is 0.0786. The molecule has 2 aliphatic carbocycles. The van der Waals surface area contributed by atoms with Crippen LogP contribution in [0.3, 0.4) is 0 Å². The Morgan fingerprint density at radius 1 is 0.651 bits per heavy atom. The zero-order chi connectivity index (χ0) is 43.8. The molecule has 2 aliphatic rings. The van der Waals surface area contributed by atoms with Crippen molar-refractivity contribution in [3.8, 4) is 22.3 Å². The number of carbonyl (C=O) groups excluding carboxylic acids is 2. The second kappa shape index (κ2) is 18.8. The summed E-state index contributed by atoms with van der Waals surface area (Å²) in [7, 11) is 2.63. The first-order valence-electron chi connectivity index (χ1n) is 20.5. The summed E-state index contributed by atoms with van der Waals surface area (Å²) >= 11 is 4.60. The fourth-order valence-electron chi connectivity index (χ4n) is 7.12. The molecule has 0 unspecified atom stereocenters. The molecule has 2 fully saturated rings. The third kappa shape index (κ3) is 9.96. The molecule has 0 bridgehead atoms. The topological polar surface area (TPSA) is 189 Å². The molecule has 8 aromatic rings. The number of halogens is 1. The van der Waals surface area contributed by atoms with E-state index in [2.05, 4.69) is 73.3 Å². The van der Waals surface area contributed by atoms with Crippen molar-refractivity contribution in [2.75, 3.05) is 24.9 Å². The maximum atomic E-state index is 12.0. The summed E-state index contributed by atoms with van der Waals surface area (Å²) in [4.78, 5) is 39.9. The number of anilines is 2. The van der Waals surface area contributed by atoms with Crippen LogP contribution in [0.4, 0.5) is 16.4 Å². The van der Waals surface area contributed by atoms with E-state index >= 15 is 0 Å². The number of nitrogens with zero attached hydrogens (tertiary/aromatic N) is 8. The van der Waals surface area contributed by atoms with Crippen molar-refractivity contribution in [3.63, 3.8) is 0 Å². The number of ether oxygens (including phenoxy) is 2. The Kier molecular flexibility index (Phi) is 12.7. The van der Waals surface area contributed by atoms with E-state index in [9.17, 15) is 9.59 Å². The van der Waals surface area contributed by atoms with Gasteiger partial charge in [0.2, 0.25) is 0 Å². The molecule has 0 saturated heterocycles. The van der Waals surface area contributed by atoms with Crippen LogP contribution in [0.25, 0.3) is 33.3 Å². The number of nitrogens with one attached hydrogen (secondary N) is 2. The van der Waals surface area contributed by atoms with Gasteiger partial charge in [-0.3, -0.25) is 14.8 Å². The summed E-state index contributed by atoms with van der Waals surface area (Å²) in [6.07, 6.45) is 11.4. The van der Waals surface area contributed by atoms with Gasteiger partial charge in [0.1, 0.15) is 11.0 Å². The van der Waals surface area contributed by atoms with Gasteiger partial charge in [-0.2, -0.15) is 10.2 Å². The molecule has 0 radical (unpaired) electrons. The maximum absolute atomic E-state index is 12.0. The summed E-state index contributed by atoms with van der Waals surface area (Å²) in [6, 6.07) is 36.3. The van der Waals surface area contributed by atoms with Crippen LogP contribution in [0.15, 0.2) is 134 Å². The average Bonchev–Trinajstić information content (AvgIpc) is 4.18. The van der Waals surface area contributed by atoms with E-state index in [4.69, 9.17) is 30.6 Å². The van der Waals surface area contributed by atoms with Gasteiger partial charge in [0.25, 0.3) is 0 Å². The number of pyridine rings is 2. The van der Waals surface area contributed by atoms with Crippen LogP contribution in [-0.4, -0.2) is 64.8 Å². The van der Waals surface area contributed by atoms with Gasteiger partial charge in [-0.1, -0.05) is 72.8 Å². The van der Waals surface area contributed by atoms with Crippen molar-refractivity contribution in [3.05, 3.63) is 157 Å². The molecule has 2 aromatic carbocycles. The van der Waals surface area contributed by atoms with Crippen molar-refractivity contribution in [1.29, 1.82) is 0 Å². The highest BCUT2D eigenvalue weighted by Gasteiger charge is 2.50. The molecule has 320 valence electrons. The van der Waals surface area contributed by atoms with E-state index in [1.54, 1.807) is 12.4 Å². The fraction of sp³-hybridized carbons (Fsp3) is 0.234. The lowest BCUT2D eigenvalue weighted by Gasteiger charge is -2.16. The van der Waals surface area contributed by atoms with Gasteiger partial charge in [0.05, 0.1) is 50.7 Å². The molecule has 4 N–H and O–H groups in total. The lowest BCUT2D eigenvalue weighted by Crippen LogP contribution is -2.24. The Hall–Kier alpha value is -7.23. The zero-order valence-corrected chi connectivity index (χ0v) is 35.6. The van der Waals surface area contributed by atoms with Crippen LogP contribution in [-0.2, 0) is 38.3 Å². The van der Waals surface area contributed by atoms with Gasteiger partial charge in [-0.05, 0) is 73.2 Å². The van der Waals surface area contributed by atoms with Gasteiger partial charge >= 0.3 is 11.4 Å². The molecular weight excluding hydrogens is 818 g/mol. The van der Waals surface area contributed by atoms with Gasteiger partial charge < -0.3 is 25.8 Å². The SMILES string of the molecule is COC(=O)CC1(c2nc(NCc3ccccn3)c3c(-c4ccccc4)ccn3n2)CC1.COC(=O)Cl.NC1(c2nc(NCc3ccccn3)c3c(-c4ccccc4)ccn3n2)CC1. The smallest absolute Gasteiger partial charge is 0.403 e. The molecule has 0 spiro atoms. The first kappa shape index (κ1) is 42.5. The van der Waals surface area contributed by atoms with Crippen molar-refractivity contribution in [2.45, 2.75) is 56.1 Å². The van der Waals surface area contributed by atoms with Gasteiger partial charge in [0.15, 0.2) is 23.3 Å². The minimum Gasteiger partial charge on any atom is -0.469 e. The third-order valence-electron chi connectivity index (χ3n) is 11.0. The molecule has 6 heterocycles. The number of methoxy groups -OCH3 is 2. The fourth-order valence-corrected chi connectivity index (χ4v) is 7.12. The van der Waals surface area contributed by atoms with Crippen molar-refractivity contribution >= 4 is 45.7 Å². The average molecular weight is 864 g/mol. The van der Waals surface area contributed by atoms with Crippen LogP contribution in [0.5, 0.6) is 0 Å². The Morgan fingerprint density at radius 2 is 1.11 bits per heavy atom.